The molecule has 1 aromatic rings. The average Bonchev–Trinajstić information content (AvgIpc) is 2.52. The summed E-state index contributed by atoms with van der Waals surface area (Å²) in [5, 5.41) is 5.85. The molecule has 1 fully saturated rings. The van der Waals surface area contributed by atoms with E-state index in [0.717, 1.165) is 25.2 Å². The van der Waals surface area contributed by atoms with Gasteiger partial charge in [-0.3, -0.25) is 9.88 Å². The molecule has 5 nitrogen and oxygen atoms in total. The lowest BCUT2D eigenvalue weighted by Gasteiger charge is -2.34. The molecule has 1 aliphatic heterocycles. The zero-order valence-corrected chi connectivity index (χ0v) is 12.1. The van der Waals surface area contributed by atoms with E-state index in [0.29, 0.717) is 12.6 Å². The van der Waals surface area contributed by atoms with Crippen LogP contribution in [0.3, 0.4) is 0 Å². The molecular weight excluding hydrogens is 252 g/mol. The van der Waals surface area contributed by atoms with E-state index in [4.69, 9.17) is 0 Å². The lowest BCUT2D eigenvalue weighted by Crippen LogP contribution is -2.48. The molecule has 2 heterocycles. The minimum Gasteiger partial charge on any atom is -0.337 e. The highest BCUT2D eigenvalue weighted by atomic mass is 16.2. The fraction of sp³-hybridized carbons (Fsp3) is 0.600. The van der Waals surface area contributed by atoms with Crippen molar-refractivity contribution in [3.63, 3.8) is 0 Å². The first-order valence-electron chi connectivity index (χ1n) is 7.44. The molecule has 0 radical (unpaired) electrons. The zero-order valence-electron chi connectivity index (χ0n) is 12.1. The zero-order chi connectivity index (χ0) is 14.2. The van der Waals surface area contributed by atoms with Crippen molar-refractivity contribution < 1.29 is 4.79 Å². The quantitative estimate of drug-likeness (QED) is 0.861. The van der Waals surface area contributed by atoms with Crippen molar-refractivity contribution in [2.75, 3.05) is 19.6 Å². The average molecular weight is 276 g/mol. The Labute approximate surface area is 120 Å². The van der Waals surface area contributed by atoms with Crippen LogP contribution in [0.15, 0.2) is 24.5 Å². The first-order valence-corrected chi connectivity index (χ1v) is 7.44. The van der Waals surface area contributed by atoms with Crippen LogP contribution in [0, 0.1) is 0 Å². The number of hydrogen-bond acceptors (Lipinski definition) is 3. The molecule has 2 rings (SSSR count). The van der Waals surface area contributed by atoms with E-state index < -0.39 is 0 Å². The Morgan fingerprint density at radius 3 is 2.90 bits per heavy atom. The highest BCUT2D eigenvalue weighted by Gasteiger charge is 2.20. The van der Waals surface area contributed by atoms with E-state index in [1.54, 1.807) is 12.4 Å². The van der Waals surface area contributed by atoms with Crippen LogP contribution in [0.5, 0.6) is 0 Å². The first-order chi connectivity index (χ1) is 9.79. The van der Waals surface area contributed by atoms with Crippen molar-refractivity contribution in [2.45, 2.75) is 38.8 Å². The molecule has 1 aromatic heterocycles. The number of likely N-dealkylation sites (N-methyl/N-ethyl adjacent to an activating group) is 1. The SMILES string of the molecule is CCN1CCCCC1CNC(=O)NCc1ccncc1. The summed E-state index contributed by atoms with van der Waals surface area (Å²) in [5.74, 6) is 0. The molecule has 2 amide bonds. The van der Waals surface area contributed by atoms with Gasteiger partial charge < -0.3 is 10.6 Å². The summed E-state index contributed by atoms with van der Waals surface area (Å²) in [4.78, 5) is 18.2. The molecule has 0 saturated carbocycles. The molecule has 1 atom stereocenters. The molecule has 110 valence electrons. The highest BCUT2D eigenvalue weighted by molar-refractivity contribution is 5.73. The Morgan fingerprint density at radius 1 is 1.35 bits per heavy atom. The molecule has 20 heavy (non-hydrogen) atoms. The Balaban J connectivity index is 1.69. The van der Waals surface area contributed by atoms with Crippen LogP contribution in [-0.2, 0) is 6.54 Å². The summed E-state index contributed by atoms with van der Waals surface area (Å²) in [7, 11) is 0. The summed E-state index contributed by atoms with van der Waals surface area (Å²) >= 11 is 0. The minimum atomic E-state index is -0.0940. The van der Waals surface area contributed by atoms with Gasteiger partial charge in [0.05, 0.1) is 0 Å². The third kappa shape index (κ3) is 4.49. The minimum absolute atomic E-state index is 0.0940. The van der Waals surface area contributed by atoms with Gasteiger partial charge in [-0.05, 0) is 43.6 Å². The number of nitrogens with one attached hydrogen (secondary N) is 2. The predicted octanol–water partition coefficient (Wildman–Crippen LogP) is 1.76. The summed E-state index contributed by atoms with van der Waals surface area (Å²) in [5.41, 5.74) is 1.06. The second kappa shape index (κ2) is 7.85. The van der Waals surface area contributed by atoms with Crippen LogP contribution in [0.25, 0.3) is 0 Å². The molecule has 1 saturated heterocycles. The van der Waals surface area contributed by atoms with Gasteiger partial charge in [-0.25, -0.2) is 4.79 Å². The molecule has 0 spiro atoms. The Kier molecular flexibility index (Phi) is 5.80. The van der Waals surface area contributed by atoms with Crippen LogP contribution in [0.2, 0.25) is 0 Å². The number of likely N-dealkylation sites (tertiary alicyclic amines) is 1. The van der Waals surface area contributed by atoms with Crippen molar-refractivity contribution in [1.29, 1.82) is 0 Å². The third-order valence-corrected chi connectivity index (χ3v) is 3.86. The number of pyridine rings is 1. The fourth-order valence-corrected chi connectivity index (χ4v) is 2.66. The summed E-state index contributed by atoms with van der Waals surface area (Å²) in [6, 6.07) is 4.20. The monoisotopic (exact) mass is 276 g/mol. The first kappa shape index (κ1) is 14.8. The normalized spacial score (nSPS) is 19.6. The maximum atomic E-state index is 11.8. The van der Waals surface area contributed by atoms with Gasteiger partial charge in [-0.1, -0.05) is 13.3 Å². The third-order valence-electron chi connectivity index (χ3n) is 3.86. The smallest absolute Gasteiger partial charge is 0.315 e. The number of carbonyl (C=O) groups is 1. The van der Waals surface area contributed by atoms with Gasteiger partial charge in [-0.15, -0.1) is 0 Å². The van der Waals surface area contributed by atoms with Gasteiger partial charge in [0.15, 0.2) is 0 Å². The topological polar surface area (TPSA) is 57.3 Å². The van der Waals surface area contributed by atoms with Crippen LogP contribution < -0.4 is 10.6 Å². The lowest BCUT2D eigenvalue weighted by molar-refractivity contribution is 0.153. The number of rotatable bonds is 5. The van der Waals surface area contributed by atoms with Gasteiger partial charge >= 0.3 is 6.03 Å². The number of hydrogen-bond donors (Lipinski definition) is 2. The van der Waals surface area contributed by atoms with Crippen LogP contribution >= 0.6 is 0 Å². The Bertz CT molecular complexity index is 410. The van der Waals surface area contributed by atoms with Crippen LogP contribution in [-0.4, -0.2) is 41.6 Å². The Hall–Kier alpha value is -1.62. The van der Waals surface area contributed by atoms with E-state index in [1.807, 2.05) is 12.1 Å². The summed E-state index contributed by atoms with van der Waals surface area (Å²) in [6.45, 7) is 5.67. The summed E-state index contributed by atoms with van der Waals surface area (Å²) < 4.78 is 0. The maximum absolute atomic E-state index is 11.8. The van der Waals surface area contributed by atoms with Gasteiger partial charge in [-0.2, -0.15) is 0 Å². The van der Waals surface area contributed by atoms with Crippen LogP contribution in [0.1, 0.15) is 31.7 Å². The van der Waals surface area contributed by atoms with Gasteiger partial charge in [0.1, 0.15) is 0 Å². The lowest BCUT2D eigenvalue weighted by atomic mass is 10.0. The predicted molar refractivity (Wildman–Crippen MR) is 79.4 cm³/mol. The largest absolute Gasteiger partial charge is 0.337 e. The van der Waals surface area contributed by atoms with E-state index in [9.17, 15) is 4.79 Å². The standard InChI is InChI=1S/C15H24N4O/c1-2-19-10-4-3-5-14(19)12-18-15(20)17-11-13-6-8-16-9-7-13/h6-9,14H,2-5,10-12H2,1H3,(H2,17,18,20). The van der Waals surface area contributed by atoms with Crippen molar-refractivity contribution in [3.05, 3.63) is 30.1 Å². The fourth-order valence-electron chi connectivity index (χ4n) is 2.66. The van der Waals surface area contributed by atoms with E-state index in [2.05, 4.69) is 27.4 Å². The van der Waals surface area contributed by atoms with Crippen molar-refractivity contribution in [1.82, 2.24) is 20.5 Å². The highest BCUT2D eigenvalue weighted by Crippen LogP contribution is 2.15. The molecule has 0 aromatic carbocycles. The number of nitrogens with zero attached hydrogens (tertiary/aromatic N) is 2. The number of aromatic nitrogens is 1. The number of urea groups is 1. The van der Waals surface area contributed by atoms with Crippen LogP contribution in [0.4, 0.5) is 4.79 Å². The molecule has 1 unspecified atom stereocenters. The van der Waals surface area contributed by atoms with Crippen molar-refractivity contribution >= 4 is 6.03 Å². The summed E-state index contributed by atoms with van der Waals surface area (Å²) in [6.07, 6.45) is 7.19. The Morgan fingerprint density at radius 2 is 2.15 bits per heavy atom. The second-order valence-electron chi connectivity index (χ2n) is 5.20. The molecule has 0 bridgehead atoms. The molecule has 0 aliphatic carbocycles. The molecule has 1 aliphatic rings. The van der Waals surface area contributed by atoms with E-state index >= 15 is 0 Å². The molecular formula is C15H24N4O. The second-order valence-corrected chi connectivity index (χ2v) is 5.20. The van der Waals surface area contributed by atoms with E-state index in [1.165, 1.54) is 19.3 Å². The van der Waals surface area contributed by atoms with E-state index in [-0.39, 0.29) is 6.03 Å². The maximum Gasteiger partial charge on any atom is 0.315 e. The molecule has 5 heteroatoms. The number of carbonyl (C=O) groups excluding carboxylic acids is 1. The van der Waals surface area contributed by atoms with Gasteiger partial charge in [0.2, 0.25) is 0 Å². The van der Waals surface area contributed by atoms with Crippen molar-refractivity contribution in [3.8, 4) is 0 Å². The van der Waals surface area contributed by atoms with Gasteiger partial charge in [0, 0.05) is 31.5 Å². The number of amides is 2. The number of piperidine rings is 1. The van der Waals surface area contributed by atoms with Gasteiger partial charge in [0.25, 0.3) is 0 Å². The van der Waals surface area contributed by atoms with Crippen molar-refractivity contribution in [2.24, 2.45) is 0 Å². The molecule has 2 N–H and O–H groups in total.